The Balaban J connectivity index is 1.59. The maximum Gasteiger partial charge on any atom is 0.341 e. The maximum absolute atomic E-state index is 13.7. The topological polar surface area (TPSA) is 76.2 Å². The van der Waals surface area contributed by atoms with E-state index >= 15 is 0 Å². The van der Waals surface area contributed by atoms with Gasteiger partial charge < -0.3 is 4.74 Å². The second-order valence-corrected chi connectivity index (χ2v) is 9.82. The van der Waals surface area contributed by atoms with Crippen molar-refractivity contribution in [2.24, 2.45) is 5.92 Å². The van der Waals surface area contributed by atoms with Crippen LogP contribution in [0.5, 0.6) is 0 Å². The largest absolute Gasteiger partial charge is 0.465 e. The van der Waals surface area contributed by atoms with E-state index in [0.717, 1.165) is 20.3 Å². The van der Waals surface area contributed by atoms with E-state index in [2.05, 4.69) is 0 Å². The summed E-state index contributed by atoms with van der Waals surface area (Å²) in [5.41, 5.74) is 1.73. The second-order valence-electron chi connectivity index (χ2n) is 7.64. The summed E-state index contributed by atoms with van der Waals surface area (Å²) in [5.74, 6) is -2.13. The molecular formula is C23H20N2O5S2. The summed E-state index contributed by atoms with van der Waals surface area (Å²) in [6.07, 6.45) is -0.969. The molecule has 1 aromatic carbocycles. The third kappa shape index (κ3) is 3.00. The number of carbonyl (C=O) groups excluding carboxylic acids is 3. The molecule has 32 heavy (non-hydrogen) atoms. The average Bonchev–Trinajstić information content (AvgIpc) is 3.55. The number of ether oxygens (including phenoxy) is 1. The van der Waals surface area contributed by atoms with Gasteiger partial charge in [-0.3, -0.25) is 14.4 Å². The van der Waals surface area contributed by atoms with Crippen LogP contribution in [0, 0.1) is 19.8 Å². The molecule has 2 aromatic heterocycles. The van der Waals surface area contributed by atoms with Gasteiger partial charge in [0, 0.05) is 9.75 Å². The van der Waals surface area contributed by atoms with Gasteiger partial charge in [-0.05, 0) is 43.0 Å². The Bertz CT molecular complexity index is 1200. The maximum atomic E-state index is 13.7. The van der Waals surface area contributed by atoms with Gasteiger partial charge in [0.2, 0.25) is 5.91 Å². The SMILES string of the molecule is COC(=O)c1c(N2C(=O)C3ON(c4ccccc4)C(c4cccs4)C3C2=O)sc(C)c1C. The van der Waals surface area contributed by atoms with Crippen molar-refractivity contribution in [2.75, 3.05) is 17.1 Å². The van der Waals surface area contributed by atoms with E-state index in [-0.39, 0.29) is 11.5 Å². The Labute approximate surface area is 192 Å². The van der Waals surface area contributed by atoms with Gasteiger partial charge >= 0.3 is 5.97 Å². The summed E-state index contributed by atoms with van der Waals surface area (Å²) in [6.45, 7) is 3.64. The summed E-state index contributed by atoms with van der Waals surface area (Å²) in [7, 11) is 1.29. The predicted molar refractivity (Wildman–Crippen MR) is 122 cm³/mol. The Morgan fingerprint density at radius 2 is 1.81 bits per heavy atom. The first kappa shape index (κ1) is 20.9. The summed E-state index contributed by atoms with van der Waals surface area (Å²) in [6, 6.07) is 12.8. The summed E-state index contributed by atoms with van der Waals surface area (Å²) in [5, 5.41) is 3.91. The molecular weight excluding hydrogens is 448 g/mol. The third-order valence-electron chi connectivity index (χ3n) is 5.92. The second kappa shape index (κ2) is 7.84. The lowest BCUT2D eigenvalue weighted by Gasteiger charge is -2.27. The molecule has 0 spiro atoms. The zero-order chi connectivity index (χ0) is 22.6. The van der Waals surface area contributed by atoms with Crippen molar-refractivity contribution in [1.82, 2.24) is 0 Å². The van der Waals surface area contributed by atoms with Gasteiger partial charge in [-0.15, -0.1) is 22.7 Å². The van der Waals surface area contributed by atoms with Gasteiger partial charge in [-0.2, -0.15) is 0 Å². The van der Waals surface area contributed by atoms with E-state index in [9.17, 15) is 14.4 Å². The lowest BCUT2D eigenvalue weighted by atomic mass is 9.95. The number of hydroxylamine groups is 1. The number of anilines is 2. The molecule has 0 N–H and O–H groups in total. The third-order valence-corrected chi connectivity index (χ3v) is 8.06. The van der Waals surface area contributed by atoms with Crippen LogP contribution in [-0.2, 0) is 19.2 Å². The highest BCUT2D eigenvalue weighted by Gasteiger charge is 2.61. The van der Waals surface area contributed by atoms with Gasteiger partial charge in [0.25, 0.3) is 5.91 Å². The number of rotatable bonds is 4. The van der Waals surface area contributed by atoms with Crippen molar-refractivity contribution in [1.29, 1.82) is 0 Å². The van der Waals surface area contributed by atoms with Crippen LogP contribution in [0.1, 0.15) is 31.7 Å². The van der Waals surface area contributed by atoms with E-state index in [0.29, 0.717) is 10.6 Å². The highest BCUT2D eigenvalue weighted by atomic mass is 32.1. The Morgan fingerprint density at radius 3 is 2.47 bits per heavy atom. The van der Waals surface area contributed by atoms with Crippen molar-refractivity contribution < 1.29 is 24.0 Å². The molecule has 2 fully saturated rings. The molecule has 2 aliphatic rings. The number of amides is 2. The number of carbonyl (C=O) groups is 3. The molecule has 164 valence electrons. The monoisotopic (exact) mass is 468 g/mol. The number of hydrogen-bond donors (Lipinski definition) is 0. The number of thiophene rings is 2. The molecule has 0 bridgehead atoms. The standard InChI is InChI=1S/C23H20N2O5S2/c1-12-13(2)32-22(16(12)23(28)29-3)24-20(26)17-18(15-10-7-11-31-15)25(30-19(17)21(24)27)14-8-5-4-6-9-14/h4-11,17-19H,1-3H3. The van der Waals surface area contributed by atoms with E-state index in [1.165, 1.54) is 29.8 Å². The predicted octanol–water partition coefficient (Wildman–Crippen LogP) is 4.26. The van der Waals surface area contributed by atoms with Crippen LogP contribution in [0.3, 0.4) is 0 Å². The molecule has 4 heterocycles. The molecule has 3 atom stereocenters. The molecule has 0 saturated carbocycles. The number of methoxy groups -OCH3 is 1. The van der Waals surface area contributed by atoms with E-state index in [1.807, 2.05) is 54.8 Å². The van der Waals surface area contributed by atoms with Crippen LogP contribution >= 0.6 is 22.7 Å². The zero-order valence-corrected chi connectivity index (χ0v) is 19.2. The number of hydrogen-bond acceptors (Lipinski definition) is 8. The number of para-hydroxylation sites is 1. The van der Waals surface area contributed by atoms with Crippen LogP contribution in [0.25, 0.3) is 0 Å². The molecule has 7 nitrogen and oxygen atoms in total. The average molecular weight is 469 g/mol. The number of fused-ring (bicyclic) bond motifs is 1. The minimum atomic E-state index is -0.969. The lowest BCUT2D eigenvalue weighted by molar-refractivity contribution is -0.126. The lowest BCUT2D eigenvalue weighted by Crippen LogP contribution is -2.37. The molecule has 3 unspecified atom stereocenters. The van der Waals surface area contributed by atoms with E-state index < -0.39 is 29.9 Å². The minimum absolute atomic E-state index is 0.254. The summed E-state index contributed by atoms with van der Waals surface area (Å²) < 4.78 is 4.93. The molecule has 2 amide bonds. The highest BCUT2D eigenvalue weighted by Crippen LogP contribution is 2.50. The highest BCUT2D eigenvalue weighted by molar-refractivity contribution is 7.17. The van der Waals surface area contributed by atoms with Gasteiger partial charge in [0.1, 0.15) is 17.0 Å². The van der Waals surface area contributed by atoms with Crippen LogP contribution in [0.15, 0.2) is 47.8 Å². The Kier molecular flexibility index (Phi) is 5.11. The van der Waals surface area contributed by atoms with Crippen molar-refractivity contribution in [3.63, 3.8) is 0 Å². The van der Waals surface area contributed by atoms with Gasteiger partial charge in [0.05, 0.1) is 18.4 Å². The van der Waals surface area contributed by atoms with Gasteiger partial charge in [0.15, 0.2) is 6.10 Å². The van der Waals surface area contributed by atoms with Crippen LogP contribution in [0.2, 0.25) is 0 Å². The fraction of sp³-hybridized carbons (Fsp3) is 0.261. The first-order chi connectivity index (χ1) is 15.4. The van der Waals surface area contributed by atoms with Crippen molar-refractivity contribution in [3.05, 3.63) is 68.7 Å². The summed E-state index contributed by atoms with van der Waals surface area (Å²) in [4.78, 5) is 48.7. The first-order valence-electron chi connectivity index (χ1n) is 10.0. The molecule has 0 aliphatic carbocycles. The van der Waals surface area contributed by atoms with Crippen LogP contribution in [0.4, 0.5) is 10.7 Å². The molecule has 9 heteroatoms. The minimum Gasteiger partial charge on any atom is -0.465 e. The van der Waals surface area contributed by atoms with Crippen molar-refractivity contribution >= 4 is 51.1 Å². The van der Waals surface area contributed by atoms with Crippen molar-refractivity contribution in [2.45, 2.75) is 26.0 Å². The quantitative estimate of drug-likeness (QED) is 0.421. The molecule has 0 radical (unpaired) electrons. The van der Waals surface area contributed by atoms with E-state index in [1.54, 1.807) is 12.0 Å². The number of nitrogens with zero attached hydrogens (tertiary/aromatic N) is 2. The number of benzene rings is 1. The zero-order valence-electron chi connectivity index (χ0n) is 17.6. The van der Waals surface area contributed by atoms with Crippen LogP contribution in [-0.4, -0.2) is 31.0 Å². The number of imide groups is 1. The summed E-state index contributed by atoms with van der Waals surface area (Å²) >= 11 is 2.75. The molecule has 5 rings (SSSR count). The fourth-order valence-corrected chi connectivity index (χ4v) is 6.28. The first-order valence-corrected chi connectivity index (χ1v) is 11.7. The smallest absolute Gasteiger partial charge is 0.341 e. The molecule has 2 saturated heterocycles. The Hall–Kier alpha value is -3.01. The van der Waals surface area contributed by atoms with Gasteiger partial charge in [-0.1, -0.05) is 24.3 Å². The number of esters is 1. The number of aryl methyl sites for hydroxylation is 1. The van der Waals surface area contributed by atoms with Gasteiger partial charge in [-0.25, -0.2) is 14.8 Å². The van der Waals surface area contributed by atoms with Crippen molar-refractivity contribution in [3.8, 4) is 0 Å². The fourth-order valence-electron chi connectivity index (χ4n) is 4.27. The molecule has 2 aliphatic heterocycles. The molecule has 3 aromatic rings. The Morgan fingerprint density at radius 1 is 1.06 bits per heavy atom. The normalized spacial score (nSPS) is 22.5. The van der Waals surface area contributed by atoms with E-state index in [4.69, 9.17) is 9.57 Å². The van der Waals surface area contributed by atoms with Crippen LogP contribution < -0.4 is 9.96 Å².